The van der Waals surface area contributed by atoms with Crippen LogP contribution < -0.4 is 0 Å². The summed E-state index contributed by atoms with van der Waals surface area (Å²) in [5, 5.41) is 21.9. The molecule has 0 fully saturated rings. The number of hydrogen-bond acceptors (Lipinski definition) is 5. The highest BCUT2D eigenvalue weighted by Gasteiger charge is 2.14. The van der Waals surface area contributed by atoms with Crippen molar-refractivity contribution in [3.63, 3.8) is 0 Å². The number of carbonyl (C=O) groups is 1. The molecule has 0 aliphatic carbocycles. The molecule has 2 heterocycles. The van der Waals surface area contributed by atoms with E-state index in [9.17, 15) is 4.79 Å². The molecule has 6 nitrogen and oxygen atoms in total. The number of aromatic carboxylic acids is 1. The van der Waals surface area contributed by atoms with Crippen molar-refractivity contribution in [2.75, 3.05) is 0 Å². The second kappa shape index (κ2) is 3.92. The fourth-order valence-corrected chi connectivity index (χ4v) is 1.75. The first-order valence-electron chi connectivity index (χ1n) is 5.15. The average molecular weight is 241 g/mol. The molecule has 1 N–H and O–H groups in total. The van der Waals surface area contributed by atoms with E-state index in [1.165, 1.54) is 6.07 Å². The lowest BCUT2D eigenvalue weighted by atomic mass is 10.1. The second-order valence-corrected chi connectivity index (χ2v) is 3.68. The fourth-order valence-electron chi connectivity index (χ4n) is 1.75. The maximum Gasteiger partial charge on any atom is 0.374 e. The van der Waals surface area contributed by atoms with Crippen molar-refractivity contribution in [1.29, 1.82) is 0 Å². The zero-order valence-corrected chi connectivity index (χ0v) is 9.07. The summed E-state index contributed by atoms with van der Waals surface area (Å²) in [7, 11) is 0. The maximum atomic E-state index is 10.8. The van der Waals surface area contributed by atoms with E-state index in [-0.39, 0.29) is 5.76 Å². The first-order chi connectivity index (χ1) is 8.75. The second-order valence-electron chi connectivity index (χ2n) is 3.68. The summed E-state index contributed by atoms with van der Waals surface area (Å²) in [6.45, 7) is 0. The van der Waals surface area contributed by atoms with Gasteiger partial charge in [0.1, 0.15) is 5.69 Å². The van der Waals surface area contributed by atoms with Crippen LogP contribution in [-0.4, -0.2) is 26.4 Å². The van der Waals surface area contributed by atoms with Crippen LogP contribution in [0.4, 0.5) is 0 Å². The number of hydrogen-bond donors (Lipinski definition) is 1. The number of aromatic nitrogens is 3. The predicted molar refractivity (Wildman–Crippen MR) is 62.0 cm³/mol. The van der Waals surface area contributed by atoms with E-state index < -0.39 is 5.97 Å². The molecule has 18 heavy (non-hydrogen) atoms. The summed E-state index contributed by atoms with van der Waals surface area (Å²) in [5.74, 6) is -1.34. The van der Waals surface area contributed by atoms with Gasteiger partial charge in [-0.05, 0) is 0 Å². The quantitative estimate of drug-likeness (QED) is 0.737. The van der Waals surface area contributed by atoms with Crippen LogP contribution in [0.15, 0.2) is 41.2 Å². The SMILES string of the molecule is O=C(O)c1cc(-c2cccc3cnncc23)no1. The van der Waals surface area contributed by atoms with Crippen LogP contribution in [0.1, 0.15) is 10.6 Å². The van der Waals surface area contributed by atoms with E-state index >= 15 is 0 Å². The van der Waals surface area contributed by atoms with Crippen LogP contribution in [0.2, 0.25) is 0 Å². The van der Waals surface area contributed by atoms with Gasteiger partial charge in [0, 0.05) is 22.4 Å². The Hall–Kier alpha value is -2.76. The molecule has 0 atom stereocenters. The standard InChI is InChI=1S/C12H7N3O3/c16-12(17)11-4-10(15-18-11)8-3-1-2-7-5-13-14-6-9(7)8/h1-6H,(H,16,17). The Labute approximate surface area is 101 Å². The Bertz CT molecular complexity index is 731. The lowest BCUT2D eigenvalue weighted by Crippen LogP contribution is -1.91. The Morgan fingerprint density at radius 2 is 2.06 bits per heavy atom. The normalized spacial score (nSPS) is 10.7. The molecule has 0 amide bonds. The zero-order chi connectivity index (χ0) is 12.5. The number of carboxylic acid groups (broad SMARTS) is 1. The number of nitrogens with zero attached hydrogens (tertiary/aromatic N) is 3. The molecule has 1 aromatic carbocycles. The van der Waals surface area contributed by atoms with E-state index in [0.29, 0.717) is 5.69 Å². The van der Waals surface area contributed by atoms with Crippen molar-refractivity contribution >= 4 is 16.7 Å². The predicted octanol–water partition coefficient (Wildman–Crippen LogP) is 1.98. The Morgan fingerprint density at radius 3 is 2.83 bits per heavy atom. The van der Waals surface area contributed by atoms with Gasteiger partial charge in [0.15, 0.2) is 0 Å². The summed E-state index contributed by atoms with van der Waals surface area (Å²) >= 11 is 0. The number of fused-ring (bicyclic) bond motifs is 1. The molecule has 6 heteroatoms. The lowest BCUT2D eigenvalue weighted by Gasteiger charge is -2.00. The largest absolute Gasteiger partial charge is 0.475 e. The van der Waals surface area contributed by atoms with Crippen molar-refractivity contribution in [2.24, 2.45) is 0 Å². The minimum absolute atomic E-state index is 0.191. The van der Waals surface area contributed by atoms with E-state index in [2.05, 4.69) is 15.4 Å². The van der Waals surface area contributed by atoms with Crippen molar-refractivity contribution in [3.8, 4) is 11.3 Å². The molecule has 0 radical (unpaired) electrons. The minimum atomic E-state index is -1.14. The van der Waals surface area contributed by atoms with Gasteiger partial charge < -0.3 is 9.63 Å². The number of benzene rings is 1. The molecular formula is C12H7N3O3. The van der Waals surface area contributed by atoms with Gasteiger partial charge in [0.25, 0.3) is 0 Å². The van der Waals surface area contributed by atoms with Crippen LogP contribution in [0.25, 0.3) is 22.0 Å². The zero-order valence-electron chi connectivity index (χ0n) is 9.07. The van der Waals surface area contributed by atoms with Gasteiger partial charge in [-0.2, -0.15) is 10.2 Å². The van der Waals surface area contributed by atoms with Gasteiger partial charge in [0.2, 0.25) is 5.76 Å². The van der Waals surface area contributed by atoms with Crippen LogP contribution >= 0.6 is 0 Å². The molecule has 0 spiro atoms. The van der Waals surface area contributed by atoms with Crippen LogP contribution in [0, 0.1) is 0 Å². The monoisotopic (exact) mass is 241 g/mol. The van der Waals surface area contributed by atoms with Crippen molar-refractivity contribution < 1.29 is 14.4 Å². The third-order valence-corrected chi connectivity index (χ3v) is 2.59. The highest BCUT2D eigenvalue weighted by Crippen LogP contribution is 2.27. The molecule has 0 aliphatic rings. The fraction of sp³-hybridized carbons (Fsp3) is 0. The van der Waals surface area contributed by atoms with Gasteiger partial charge in [-0.15, -0.1) is 0 Å². The third kappa shape index (κ3) is 1.60. The van der Waals surface area contributed by atoms with E-state index in [4.69, 9.17) is 9.63 Å². The summed E-state index contributed by atoms with van der Waals surface area (Å²) in [6.07, 6.45) is 3.25. The number of carboxylic acids is 1. The van der Waals surface area contributed by atoms with Gasteiger partial charge >= 0.3 is 5.97 Å². The molecule has 0 unspecified atom stereocenters. The minimum Gasteiger partial charge on any atom is -0.475 e. The van der Waals surface area contributed by atoms with E-state index in [0.717, 1.165) is 16.3 Å². The van der Waals surface area contributed by atoms with Gasteiger partial charge in [-0.25, -0.2) is 4.79 Å². The van der Waals surface area contributed by atoms with E-state index in [1.54, 1.807) is 12.4 Å². The summed E-state index contributed by atoms with van der Waals surface area (Å²) in [6, 6.07) is 6.95. The molecule has 0 aliphatic heterocycles. The van der Waals surface area contributed by atoms with Crippen LogP contribution in [0.3, 0.4) is 0 Å². The molecule has 3 aromatic rings. The molecular weight excluding hydrogens is 234 g/mol. The van der Waals surface area contributed by atoms with Gasteiger partial charge in [-0.3, -0.25) is 0 Å². The highest BCUT2D eigenvalue weighted by atomic mass is 16.5. The van der Waals surface area contributed by atoms with Crippen LogP contribution in [0.5, 0.6) is 0 Å². The molecule has 88 valence electrons. The molecule has 0 saturated heterocycles. The first kappa shape index (κ1) is 10.4. The summed E-state index contributed by atoms with van der Waals surface area (Å²) in [5.41, 5.74) is 1.23. The smallest absolute Gasteiger partial charge is 0.374 e. The summed E-state index contributed by atoms with van der Waals surface area (Å²) in [4.78, 5) is 10.8. The Morgan fingerprint density at radius 1 is 1.22 bits per heavy atom. The topological polar surface area (TPSA) is 89.1 Å². The van der Waals surface area contributed by atoms with Crippen molar-refractivity contribution in [2.45, 2.75) is 0 Å². The van der Waals surface area contributed by atoms with Gasteiger partial charge in [0.05, 0.1) is 12.4 Å². The Balaban J connectivity index is 2.21. The lowest BCUT2D eigenvalue weighted by molar-refractivity contribution is 0.0652. The van der Waals surface area contributed by atoms with Crippen molar-refractivity contribution in [1.82, 2.24) is 15.4 Å². The molecule has 0 saturated carbocycles. The van der Waals surface area contributed by atoms with Gasteiger partial charge in [-0.1, -0.05) is 23.4 Å². The maximum absolute atomic E-state index is 10.8. The van der Waals surface area contributed by atoms with E-state index in [1.807, 2.05) is 18.2 Å². The first-order valence-corrected chi connectivity index (χ1v) is 5.15. The highest BCUT2D eigenvalue weighted by molar-refractivity contribution is 5.95. The average Bonchev–Trinajstić information content (AvgIpc) is 2.87. The van der Waals surface area contributed by atoms with Crippen LogP contribution in [-0.2, 0) is 0 Å². The van der Waals surface area contributed by atoms with Crippen molar-refractivity contribution in [3.05, 3.63) is 42.4 Å². The Kier molecular flexibility index (Phi) is 2.26. The molecule has 0 bridgehead atoms. The molecule has 2 aromatic heterocycles. The third-order valence-electron chi connectivity index (χ3n) is 2.59. The summed E-state index contributed by atoms with van der Waals surface area (Å²) < 4.78 is 4.74. The number of rotatable bonds is 2. The molecule has 3 rings (SSSR count).